The second-order valence-electron chi connectivity index (χ2n) is 1.38. The highest BCUT2D eigenvalue weighted by Gasteiger charge is 1.94. The Balaban J connectivity index is 2.51. The summed E-state index contributed by atoms with van der Waals surface area (Å²) >= 11 is 4.79. The lowest BCUT2D eigenvalue weighted by atomic mass is 10.3. The molecule has 0 atom stereocenters. The topological polar surface area (TPSA) is 9.23 Å². The summed E-state index contributed by atoms with van der Waals surface area (Å²) < 4.78 is 4.95. The van der Waals surface area contributed by atoms with Crippen LogP contribution in [0.4, 0.5) is 0 Å². The van der Waals surface area contributed by atoms with E-state index in [2.05, 4.69) is 0 Å². The molecule has 0 amide bonds. The second-order valence-corrected chi connectivity index (χ2v) is 1.91. The lowest BCUT2D eigenvalue weighted by Crippen LogP contribution is -2.08. The Bertz CT molecular complexity index is 107. The lowest BCUT2D eigenvalue weighted by Gasteiger charge is -2.02. The molecule has 0 bridgehead atoms. The highest BCUT2D eigenvalue weighted by Crippen LogP contribution is 1.91. The van der Waals surface area contributed by atoms with Crippen LogP contribution in [0.2, 0.25) is 0 Å². The summed E-state index contributed by atoms with van der Waals surface area (Å²) in [6.07, 6.45) is 3.84. The Morgan fingerprint density at radius 2 is 2.57 bits per heavy atom. The Kier molecular flexibility index (Phi) is 1.54. The van der Waals surface area contributed by atoms with Gasteiger partial charge in [-0.1, -0.05) is 18.3 Å². The van der Waals surface area contributed by atoms with Crippen LogP contribution in [0.3, 0.4) is 0 Å². The van der Waals surface area contributed by atoms with Crippen molar-refractivity contribution in [2.24, 2.45) is 0 Å². The molecule has 0 aliphatic carbocycles. The molecule has 0 aromatic rings. The van der Waals surface area contributed by atoms with E-state index in [1.165, 1.54) is 0 Å². The summed E-state index contributed by atoms with van der Waals surface area (Å²) in [6, 6.07) is 0. The van der Waals surface area contributed by atoms with Crippen LogP contribution in [-0.2, 0) is 4.74 Å². The summed E-state index contributed by atoms with van der Waals surface area (Å²) in [5.41, 5.74) is 0. The van der Waals surface area contributed by atoms with E-state index in [-0.39, 0.29) is 0 Å². The van der Waals surface area contributed by atoms with Crippen LogP contribution in [0.25, 0.3) is 0 Å². The molecule has 0 fully saturated rings. The fraction of sp³-hybridized carbons (Fsp3) is 0.400. The van der Waals surface area contributed by atoms with Gasteiger partial charge in [0.05, 0.1) is 13.2 Å². The van der Waals surface area contributed by atoms with Gasteiger partial charge in [0.1, 0.15) is 0 Å². The van der Waals surface area contributed by atoms with E-state index >= 15 is 0 Å². The molecular weight excluding hydrogens is 108 g/mol. The highest BCUT2D eigenvalue weighted by atomic mass is 32.1. The molecule has 2 heteroatoms. The smallest absolute Gasteiger partial charge is 0.0821 e. The van der Waals surface area contributed by atoms with Gasteiger partial charge in [-0.05, 0) is 6.08 Å². The summed E-state index contributed by atoms with van der Waals surface area (Å²) in [7, 11) is 0. The summed E-state index contributed by atoms with van der Waals surface area (Å²) in [6.45, 7) is 1.35. The van der Waals surface area contributed by atoms with Gasteiger partial charge in [0, 0.05) is 4.86 Å². The van der Waals surface area contributed by atoms with E-state index in [1.54, 1.807) is 0 Å². The van der Waals surface area contributed by atoms with Crippen molar-refractivity contribution in [2.45, 2.75) is 0 Å². The first kappa shape index (κ1) is 4.94. The molecule has 0 spiro atoms. The van der Waals surface area contributed by atoms with Gasteiger partial charge in [0.25, 0.3) is 0 Å². The molecule has 0 radical (unpaired) electrons. The number of thiocarbonyl (C=S) groups is 1. The Morgan fingerprint density at radius 3 is 2.86 bits per heavy atom. The zero-order chi connectivity index (χ0) is 5.11. The van der Waals surface area contributed by atoms with Crippen LogP contribution in [0.1, 0.15) is 0 Å². The van der Waals surface area contributed by atoms with Crippen molar-refractivity contribution in [3.63, 3.8) is 0 Å². The third-order valence-electron chi connectivity index (χ3n) is 0.762. The molecule has 0 saturated heterocycles. The fourth-order valence-electron chi connectivity index (χ4n) is 0.455. The molecule has 1 heterocycles. The molecule has 1 rings (SSSR count). The first-order valence-corrected chi connectivity index (χ1v) is 2.57. The Labute approximate surface area is 48.0 Å². The normalized spacial score (nSPS) is 20.3. The predicted octanol–water partition coefficient (Wildman–Crippen LogP) is 0.943. The molecule has 7 heavy (non-hydrogen) atoms. The maximum absolute atomic E-state index is 4.95. The molecule has 1 aliphatic rings. The lowest BCUT2D eigenvalue weighted by molar-refractivity contribution is 0.202. The van der Waals surface area contributed by atoms with Crippen molar-refractivity contribution in [1.29, 1.82) is 0 Å². The molecule has 0 aromatic heterocycles. The number of hydrogen-bond donors (Lipinski definition) is 0. The van der Waals surface area contributed by atoms with E-state index in [4.69, 9.17) is 17.0 Å². The molecule has 0 N–H and O–H groups in total. The average Bonchev–Trinajstić information content (AvgIpc) is 1.69. The van der Waals surface area contributed by atoms with Crippen LogP contribution in [0.15, 0.2) is 12.2 Å². The van der Waals surface area contributed by atoms with Gasteiger partial charge in [0.15, 0.2) is 0 Å². The zero-order valence-electron chi connectivity index (χ0n) is 3.89. The standard InChI is InChI=1S/C5H6OS/c7-5-2-1-3-6-4-5/h1-2H,3-4H2. The van der Waals surface area contributed by atoms with Gasteiger partial charge in [0.2, 0.25) is 0 Å². The van der Waals surface area contributed by atoms with Crippen LogP contribution < -0.4 is 0 Å². The van der Waals surface area contributed by atoms with E-state index in [1.807, 2.05) is 12.2 Å². The quantitative estimate of drug-likeness (QED) is 0.433. The van der Waals surface area contributed by atoms with Crippen LogP contribution in [0, 0.1) is 0 Å². The third kappa shape index (κ3) is 1.37. The van der Waals surface area contributed by atoms with Crippen molar-refractivity contribution >= 4 is 17.1 Å². The molecule has 1 aliphatic heterocycles. The summed E-state index contributed by atoms with van der Waals surface area (Å²) in [4.78, 5) is 0.895. The molecule has 0 aromatic carbocycles. The van der Waals surface area contributed by atoms with E-state index in [0.29, 0.717) is 6.61 Å². The van der Waals surface area contributed by atoms with Gasteiger partial charge in [-0.2, -0.15) is 0 Å². The molecule has 38 valence electrons. The Morgan fingerprint density at radius 1 is 1.71 bits per heavy atom. The van der Waals surface area contributed by atoms with Crippen molar-refractivity contribution < 1.29 is 4.74 Å². The largest absolute Gasteiger partial charge is 0.372 e. The fourth-order valence-corrected chi connectivity index (χ4v) is 0.635. The van der Waals surface area contributed by atoms with Crippen molar-refractivity contribution in [2.75, 3.05) is 13.2 Å². The third-order valence-corrected chi connectivity index (χ3v) is 1.02. The van der Waals surface area contributed by atoms with Gasteiger partial charge >= 0.3 is 0 Å². The van der Waals surface area contributed by atoms with Gasteiger partial charge in [-0.3, -0.25) is 0 Å². The van der Waals surface area contributed by atoms with Crippen LogP contribution in [0.5, 0.6) is 0 Å². The number of ether oxygens (including phenoxy) is 1. The number of rotatable bonds is 0. The molecule has 0 saturated carbocycles. The van der Waals surface area contributed by atoms with Crippen LogP contribution >= 0.6 is 12.2 Å². The number of hydrogen-bond acceptors (Lipinski definition) is 2. The van der Waals surface area contributed by atoms with Crippen molar-refractivity contribution in [1.82, 2.24) is 0 Å². The first-order chi connectivity index (χ1) is 3.39. The van der Waals surface area contributed by atoms with Gasteiger partial charge in [-0.15, -0.1) is 0 Å². The summed E-state index contributed by atoms with van der Waals surface area (Å²) in [5, 5.41) is 0. The van der Waals surface area contributed by atoms with Crippen molar-refractivity contribution in [3.8, 4) is 0 Å². The van der Waals surface area contributed by atoms with E-state index < -0.39 is 0 Å². The van der Waals surface area contributed by atoms with Gasteiger partial charge < -0.3 is 4.74 Å². The SMILES string of the molecule is S=C1C=CCOC1. The van der Waals surface area contributed by atoms with Crippen molar-refractivity contribution in [3.05, 3.63) is 12.2 Å². The maximum Gasteiger partial charge on any atom is 0.0821 e. The minimum atomic E-state index is 0.631. The minimum Gasteiger partial charge on any atom is -0.372 e. The second kappa shape index (κ2) is 2.19. The average molecular weight is 114 g/mol. The Hall–Kier alpha value is -0.210. The highest BCUT2D eigenvalue weighted by molar-refractivity contribution is 7.80. The van der Waals surface area contributed by atoms with Gasteiger partial charge in [-0.25, -0.2) is 0 Å². The molecule has 0 unspecified atom stereocenters. The molecule has 1 nitrogen and oxygen atoms in total. The maximum atomic E-state index is 4.95. The predicted molar refractivity (Wildman–Crippen MR) is 32.6 cm³/mol. The van der Waals surface area contributed by atoms with E-state index in [9.17, 15) is 0 Å². The van der Waals surface area contributed by atoms with E-state index in [0.717, 1.165) is 11.5 Å². The monoisotopic (exact) mass is 114 g/mol. The zero-order valence-corrected chi connectivity index (χ0v) is 4.70. The first-order valence-electron chi connectivity index (χ1n) is 2.17. The van der Waals surface area contributed by atoms with Crippen LogP contribution in [-0.4, -0.2) is 18.1 Å². The summed E-state index contributed by atoms with van der Waals surface area (Å²) in [5.74, 6) is 0. The molecular formula is C5H6OS. The minimum absolute atomic E-state index is 0.631.